The number of amides is 1. The van der Waals surface area contributed by atoms with Gasteiger partial charge in [0.25, 0.3) is 0 Å². The highest BCUT2D eigenvalue weighted by molar-refractivity contribution is 6.33. The van der Waals surface area contributed by atoms with Crippen molar-refractivity contribution in [3.05, 3.63) is 75.0 Å². The van der Waals surface area contributed by atoms with Crippen LogP contribution in [0, 0.1) is 0 Å². The Kier molecular flexibility index (Phi) is 4.37. The first-order valence-electron chi connectivity index (χ1n) is 6.88. The lowest BCUT2D eigenvalue weighted by molar-refractivity contribution is -0.116. The first-order valence-corrected chi connectivity index (χ1v) is 7.63. The SMILES string of the molecule is O=C(Cn1ccc(=O)c2cc(Cl)ccc21)Nc1ccccc1Cl. The van der Waals surface area contributed by atoms with Gasteiger partial charge in [0.2, 0.25) is 5.91 Å². The van der Waals surface area contributed by atoms with Crippen molar-refractivity contribution in [2.45, 2.75) is 6.54 Å². The number of para-hydroxylation sites is 1. The molecule has 0 radical (unpaired) electrons. The highest BCUT2D eigenvalue weighted by Crippen LogP contribution is 2.21. The predicted molar refractivity (Wildman–Crippen MR) is 93.3 cm³/mol. The van der Waals surface area contributed by atoms with E-state index in [-0.39, 0.29) is 17.9 Å². The molecular weight excluding hydrogens is 335 g/mol. The highest BCUT2D eigenvalue weighted by atomic mass is 35.5. The summed E-state index contributed by atoms with van der Waals surface area (Å²) in [5.41, 5.74) is 1.06. The van der Waals surface area contributed by atoms with Crippen molar-refractivity contribution in [3.63, 3.8) is 0 Å². The highest BCUT2D eigenvalue weighted by Gasteiger charge is 2.09. The maximum atomic E-state index is 12.2. The molecule has 1 heterocycles. The fraction of sp³-hybridized carbons (Fsp3) is 0.0588. The van der Waals surface area contributed by atoms with Crippen LogP contribution in [0.15, 0.2) is 59.5 Å². The van der Waals surface area contributed by atoms with Crippen molar-refractivity contribution >= 4 is 45.7 Å². The van der Waals surface area contributed by atoms with Crippen LogP contribution in [-0.4, -0.2) is 10.5 Å². The quantitative estimate of drug-likeness (QED) is 0.780. The molecule has 1 N–H and O–H groups in total. The van der Waals surface area contributed by atoms with Gasteiger partial charge in [0.05, 0.1) is 16.2 Å². The maximum absolute atomic E-state index is 12.2. The van der Waals surface area contributed by atoms with Crippen LogP contribution in [0.5, 0.6) is 0 Å². The fourth-order valence-corrected chi connectivity index (χ4v) is 2.68. The van der Waals surface area contributed by atoms with Gasteiger partial charge < -0.3 is 9.88 Å². The molecule has 0 saturated carbocycles. The van der Waals surface area contributed by atoms with Crippen LogP contribution in [-0.2, 0) is 11.3 Å². The molecule has 6 heteroatoms. The summed E-state index contributed by atoms with van der Waals surface area (Å²) in [6, 6.07) is 13.4. The number of carbonyl (C=O) groups excluding carboxylic acids is 1. The average Bonchev–Trinajstić information content (AvgIpc) is 2.52. The second-order valence-electron chi connectivity index (χ2n) is 5.00. The lowest BCUT2D eigenvalue weighted by Gasteiger charge is -2.12. The Bertz CT molecular complexity index is 951. The molecule has 1 aromatic heterocycles. The third-order valence-electron chi connectivity index (χ3n) is 3.40. The molecule has 3 rings (SSSR count). The van der Waals surface area contributed by atoms with Gasteiger partial charge in [0.1, 0.15) is 6.54 Å². The number of anilines is 1. The van der Waals surface area contributed by atoms with Gasteiger partial charge in [0, 0.05) is 22.7 Å². The van der Waals surface area contributed by atoms with Crippen molar-refractivity contribution in [1.29, 1.82) is 0 Å². The number of aromatic nitrogens is 1. The second-order valence-corrected chi connectivity index (χ2v) is 5.84. The van der Waals surface area contributed by atoms with Crippen molar-refractivity contribution < 1.29 is 4.79 Å². The van der Waals surface area contributed by atoms with E-state index < -0.39 is 0 Å². The minimum atomic E-state index is -0.238. The number of benzene rings is 2. The molecule has 0 spiro atoms. The van der Waals surface area contributed by atoms with E-state index in [4.69, 9.17) is 23.2 Å². The van der Waals surface area contributed by atoms with Gasteiger partial charge in [-0.05, 0) is 30.3 Å². The number of halogens is 2. The fourth-order valence-electron chi connectivity index (χ4n) is 2.33. The zero-order valence-corrected chi connectivity index (χ0v) is 13.4. The largest absolute Gasteiger partial charge is 0.338 e. The summed E-state index contributed by atoms with van der Waals surface area (Å²) in [5, 5.41) is 4.18. The van der Waals surface area contributed by atoms with E-state index in [2.05, 4.69) is 5.32 Å². The Morgan fingerprint density at radius 3 is 2.65 bits per heavy atom. The zero-order valence-electron chi connectivity index (χ0n) is 11.9. The molecule has 4 nitrogen and oxygen atoms in total. The molecule has 0 fully saturated rings. The molecule has 0 aliphatic heterocycles. The van der Waals surface area contributed by atoms with Gasteiger partial charge >= 0.3 is 0 Å². The van der Waals surface area contributed by atoms with Crippen molar-refractivity contribution in [2.24, 2.45) is 0 Å². The molecule has 0 unspecified atom stereocenters. The number of carbonyl (C=O) groups is 1. The van der Waals surface area contributed by atoms with Crippen LogP contribution in [0.2, 0.25) is 10.0 Å². The van der Waals surface area contributed by atoms with Crippen LogP contribution in [0.4, 0.5) is 5.69 Å². The molecular formula is C17H12Cl2N2O2. The van der Waals surface area contributed by atoms with Crippen LogP contribution in [0.3, 0.4) is 0 Å². The first kappa shape index (κ1) is 15.6. The van der Waals surface area contributed by atoms with E-state index in [1.807, 2.05) is 0 Å². The molecule has 116 valence electrons. The third-order valence-corrected chi connectivity index (χ3v) is 3.97. The number of rotatable bonds is 3. The van der Waals surface area contributed by atoms with E-state index >= 15 is 0 Å². The number of nitrogens with zero attached hydrogens (tertiary/aromatic N) is 1. The molecule has 23 heavy (non-hydrogen) atoms. The van der Waals surface area contributed by atoms with E-state index in [1.165, 1.54) is 6.07 Å². The summed E-state index contributed by atoms with van der Waals surface area (Å²) in [5.74, 6) is -0.238. The van der Waals surface area contributed by atoms with E-state index in [1.54, 1.807) is 53.2 Å². The third kappa shape index (κ3) is 3.38. The summed E-state index contributed by atoms with van der Waals surface area (Å²) in [4.78, 5) is 24.1. The summed E-state index contributed by atoms with van der Waals surface area (Å²) in [6.45, 7) is 0.0592. The predicted octanol–water partition coefficient (Wildman–Crippen LogP) is 3.95. The summed E-state index contributed by atoms with van der Waals surface area (Å²) in [6.07, 6.45) is 1.59. The van der Waals surface area contributed by atoms with E-state index in [0.29, 0.717) is 26.6 Å². The summed E-state index contributed by atoms with van der Waals surface area (Å²) in [7, 11) is 0. The number of hydrogen-bond donors (Lipinski definition) is 1. The first-order chi connectivity index (χ1) is 11.0. The Hall–Kier alpha value is -2.30. The number of pyridine rings is 1. The Morgan fingerprint density at radius 1 is 1.09 bits per heavy atom. The number of nitrogens with one attached hydrogen (secondary N) is 1. The van der Waals surface area contributed by atoms with Gasteiger partial charge in [-0.1, -0.05) is 35.3 Å². The minimum Gasteiger partial charge on any atom is -0.338 e. The summed E-state index contributed by atoms with van der Waals surface area (Å²) < 4.78 is 1.69. The minimum absolute atomic E-state index is 0.0592. The van der Waals surface area contributed by atoms with Crippen LogP contribution < -0.4 is 10.7 Å². The molecule has 0 atom stereocenters. The molecule has 0 bridgehead atoms. The van der Waals surface area contributed by atoms with Gasteiger partial charge in [-0.3, -0.25) is 9.59 Å². The molecule has 3 aromatic rings. The maximum Gasteiger partial charge on any atom is 0.244 e. The lowest BCUT2D eigenvalue weighted by Crippen LogP contribution is -2.20. The Balaban J connectivity index is 1.90. The zero-order chi connectivity index (χ0) is 16.4. The topological polar surface area (TPSA) is 51.1 Å². The van der Waals surface area contributed by atoms with E-state index in [9.17, 15) is 9.59 Å². The van der Waals surface area contributed by atoms with Gasteiger partial charge in [0.15, 0.2) is 5.43 Å². The number of hydrogen-bond acceptors (Lipinski definition) is 2. The smallest absolute Gasteiger partial charge is 0.244 e. The Labute approximate surface area is 142 Å². The van der Waals surface area contributed by atoms with Crippen molar-refractivity contribution in [2.75, 3.05) is 5.32 Å². The van der Waals surface area contributed by atoms with Crippen LogP contribution in [0.25, 0.3) is 10.9 Å². The van der Waals surface area contributed by atoms with Crippen molar-refractivity contribution in [3.8, 4) is 0 Å². The molecule has 0 saturated heterocycles. The normalized spacial score (nSPS) is 10.7. The molecule has 2 aromatic carbocycles. The monoisotopic (exact) mass is 346 g/mol. The van der Waals surface area contributed by atoms with E-state index in [0.717, 1.165) is 0 Å². The summed E-state index contributed by atoms with van der Waals surface area (Å²) >= 11 is 12.0. The lowest BCUT2D eigenvalue weighted by atomic mass is 10.2. The van der Waals surface area contributed by atoms with Crippen LogP contribution in [0.1, 0.15) is 0 Å². The second kappa shape index (κ2) is 6.44. The van der Waals surface area contributed by atoms with Gasteiger partial charge in [-0.25, -0.2) is 0 Å². The molecule has 0 aliphatic carbocycles. The molecule has 0 aliphatic rings. The Morgan fingerprint density at radius 2 is 1.87 bits per heavy atom. The van der Waals surface area contributed by atoms with Crippen LogP contribution >= 0.6 is 23.2 Å². The van der Waals surface area contributed by atoms with Crippen molar-refractivity contribution in [1.82, 2.24) is 4.57 Å². The standard InChI is InChI=1S/C17H12Cl2N2O2/c18-11-5-6-15-12(9-11)16(22)7-8-21(15)10-17(23)20-14-4-2-1-3-13(14)19/h1-9H,10H2,(H,20,23). The average molecular weight is 347 g/mol. The molecule has 1 amide bonds. The van der Waals surface area contributed by atoms with Gasteiger partial charge in [-0.15, -0.1) is 0 Å². The number of fused-ring (bicyclic) bond motifs is 1. The van der Waals surface area contributed by atoms with Gasteiger partial charge in [-0.2, -0.15) is 0 Å².